The Labute approximate surface area is 120 Å². The third kappa shape index (κ3) is 2.62. The first-order chi connectivity index (χ1) is 9.63. The van der Waals surface area contributed by atoms with E-state index in [-0.39, 0.29) is 0 Å². The molecule has 0 bridgehead atoms. The van der Waals surface area contributed by atoms with Gasteiger partial charge in [0.25, 0.3) is 0 Å². The molecule has 0 radical (unpaired) electrons. The average molecular weight is 267 g/mol. The van der Waals surface area contributed by atoms with E-state index in [1.165, 1.54) is 22.3 Å². The molecule has 2 aromatic rings. The van der Waals surface area contributed by atoms with E-state index in [1.807, 2.05) is 0 Å². The van der Waals surface area contributed by atoms with Crippen LogP contribution < -0.4 is 0 Å². The number of β-amino-alcohol motifs (C(OH)–C–C–N with tert-alkyl or cyclic N) is 1. The molecule has 1 aliphatic rings. The summed E-state index contributed by atoms with van der Waals surface area (Å²) in [5.74, 6) is 0. The Kier molecular flexibility index (Phi) is 3.60. The summed E-state index contributed by atoms with van der Waals surface area (Å²) < 4.78 is 0. The van der Waals surface area contributed by atoms with E-state index in [4.69, 9.17) is 0 Å². The number of aliphatic hydroxyl groups is 1. The minimum absolute atomic E-state index is 0.412. The van der Waals surface area contributed by atoms with E-state index in [2.05, 4.69) is 61.2 Å². The molecule has 20 heavy (non-hydrogen) atoms. The molecular formula is C18H21NO. The van der Waals surface area contributed by atoms with Crippen molar-refractivity contribution in [3.05, 3.63) is 70.3 Å². The number of aliphatic hydroxyl groups excluding tert-OH is 1. The van der Waals surface area contributed by atoms with Crippen molar-refractivity contribution in [1.29, 1.82) is 0 Å². The molecule has 0 fully saturated rings. The summed E-state index contributed by atoms with van der Waals surface area (Å²) >= 11 is 0. The average Bonchev–Trinajstić information content (AvgIpc) is 2.80. The second kappa shape index (κ2) is 5.39. The number of hydrogen-bond acceptors (Lipinski definition) is 2. The summed E-state index contributed by atoms with van der Waals surface area (Å²) in [7, 11) is 0. The zero-order valence-corrected chi connectivity index (χ0v) is 12.1. The lowest BCUT2D eigenvalue weighted by Crippen LogP contribution is -2.23. The number of benzene rings is 2. The van der Waals surface area contributed by atoms with Crippen molar-refractivity contribution in [3.8, 4) is 0 Å². The van der Waals surface area contributed by atoms with E-state index in [1.54, 1.807) is 0 Å². The summed E-state index contributed by atoms with van der Waals surface area (Å²) in [5, 5.41) is 10.5. The number of aryl methyl sites for hydroxylation is 2. The Balaban J connectivity index is 1.70. The molecule has 0 saturated heterocycles. The van der Waals surface area contributed by atoms with Crippen LogP contribution in [0.3, 0.4) is 0 Å². The largest absolute Gasteiger partial charge is 0.387 e. The Bertz CT molecular complexity index is 596. The first-order valence-corrected chi connectivity index (χ1v) is 7.18. The van der Waals surface area contributed by atoms with Crippen LogP contribution in [0.4, 0.5) is 0 Å². The summed E-state index contributed by atoms with van der Waals surface area (Å²) in [6, 6.07) is 14.8. The minimum atomic E-state index is -0.412. The third-order valence-corrected chi connectivity index (χ3v) is 4.12. The van der Waals surface area contributed by atoms with Gasteiger partial charge in [-0.2, -0.15) is 0 Å². The van der Waals surface area contributed by atoms with Gasteiger partial charge in [0.15, 0.2) is 0 Å². The van der Waals surface area contributed by atoms with Crippen molar-refractivity contribution < 1.29 is 5.11 Å². The number of rotatable bonds is 3. The molecule has 1 heterocycles. The molecule has 104 valence electrons. The summed E-state index contributed by atoms with van der Waals surface area (Å²) in [6.07, 6.45) is -0.412. The van der Waals surface area contributed by atoms with Gasteiger partial charge in [-0.3, -0.25) is 4.90 Å². The topological polar surface area (TPSA) is 23.5 Å². The van der Waals surface area contributed by atoms with Gasteiger partial charge in [0.2, 0.25) is 0 Å². The highest BCUT2D eigenvalue weighted by Gasteiger charge is 2.21. The Hall–Kier alpha value is -1.64. The maximum atomic E-state index is 10.5. The van der Waals surface area contributed by atoms with E-state index < -0.39 is 6.10 Å². The van der Waals surface area contributed by atoms with Crippen molar-refractivity contribution in [3.63, 3.8) is 0 Å². The molecule has 0 amide bonds. The van der Waals surface area contributed by atoms with Crippen LogP contribution in [-0.4, -0.2) is 16.6 Å². The van der Waals surface area contributed by atoms with Crippen molar-refractivity contribution in [2.24, 2.45) is 0 Å². The SMILES string of the molecule is Cc1ccc(C(O)CN2Cc3ccccc3C2)c(C)c1. The fraction of sp³-hybridized carbons (Fsp3) is 0.333. The van der Waals surface area contributed by atoms with Gasteiger partial charge >= 0.3 is 0 Å². The van der Waals surface area contributed by atoms with E-state index in [9.17, 15) is 5.11 Å². The zero-order chi connectivity index (χ0) is 14.1. The molecule has 1 unspecified atom stereocenters. The first-order valence-electron chi connectivity index (χ1n) is 7.18. The Morgan fingerprint density at radius 3 is 2.30 bits per heavy atom. The Morgan fingerprint density at radius 1 is 1.05 bits per heavy atom. The van der Waals surface area contributed by atoms with Crippen LogP contribution in [0.15, 0.2) is 42.5 Å². The second-order valence-corrected chi connectivity index (χ2v) is 5.81. The molecule has 0 aliphatic carbocycles. The highest BCUT2D eigenvalue weighted by atomic mass is 16.3. The summed E-state index contributed by atoms with van der Waals surface area (Å²) in [6.45, 7) is 6.74. The van der Waals surface area contributed by atoms with Gasteiger partial charge in [-0.15, -0.1) is 0 Å². The van der Waals surface area contributed by atoms with Gasteiger partial charge in [-0.25, -0.2) is 0 Å². The maximum Gasteiger partial charge on any atom is 0.0919 e. The van der Waals surface area contributed by atoms with Crippen LogP contribution in [0.5, 0.6) is 0 Å². The van der Waals surface area contributed by atoms with Crippen LogP contribution >= 0.6 is 0 Å². The van der Waals surface area contributed by atoms with Gasteiger partial charge in [-0.05, 0) is 36.1 Å². The predicted molar refractivity (Wildman–Crippen MR) is 81.4 cm³/mol. The highest BCUT2D eigenvalue weighted by molar-refractivity contribution is 5.33. The molecule has 2 nitrogen and oxygen atoms in total. The molecule has 1 N–H and O–H groups in total. The fourth-order valence-electron chi connectivity index (χ4n) is 3.08. The molecule has 2 aromatic carbocycles. The number of fused-ring (bicyclic) bond motifs is 1. The number of nitrogens with zero attached hydrogens (tertiary/aromatic N) is 1. The molecular weight excluding hydrogens is 246 g/mol. The quantitative estimate of drug-likeness (QED) is 0.922. The molecule has 0 aromatic heterocycles. The van der Waals surface area contributed by atoms with Crippen LogP contribution in [0.1, 0.15) is 33.9 Å². The van der Waals surface area contributed by atoms with E-state index >= 15 is 0 Å². The minimum Gasteiger partial charge on any atom is -0.387 e. The van der Waals surface area contributed by atoms with Crippen molar-refractivity contribution in [1.82, 2.24) is 4.90 Å². The van der Waals surface area contributed by atoms with Gasteiger partial charge in [-0.1, -0.05) is 48.0 Å². The fourth-order valence-corrected chi connectivity index (χ4v) is 3.08. The Morgan fingerprint density at radius 2 is 1.70 bits per heavy atom. The maximum absolute atomic E-state index is 10.5. The van der Waals surface area contributed by atoms with Crippen molar-refractivity contribution >= 4 is 0 Å². The molecule has 2 heteroatoms. The van der Waals surface area contributed by atoms with E-state index in [0.717, 1.165) is 18.7 Å². The van der Waals surface area contributed by atoms with Crippen LogP contribution in [0.2, 0.25) is 0 Å². The lowest BCUT2D eigenvalue weighted by molar-refractivity contribution is 0.112. The van der Waals surface area contributed by atoms with Gasteiger partial charge in [0.05, 0.1) is 6.10 Å². The first kappa shape index (κ1) is 13.3. The monoisotopic (exact) mass is 267 g/mol. The molecule has 3 rings (SSSR count). The second-order valence-electron chi connectivity index (χ2n) is 5.81. The van der Waals surface area contributed by atoms with Gasteiger partial charge < -0.3 is 5.11 Å². The highest BCUT2D eigenvalue weighted by Crippen LogP contribution is 2.26. The van der Waals surface area contributed by atoms with Gasteiger partial charge in [0.1, 0.15) is 0 Å². The standard InChI is InChI=1S/C18H21NO/c1-13-7-8-17(14(2)9-13)18(20)12-19-10-15-5-3-4-6-16(15)11-19/h3-9,18,20H,10-12H2,1-2H3. The normalized spacial score (nSPS) is 16.1. The smallest absolute Gasteiger partial charge is 0.0919 e. The van der Waals surface area contributed by atoms with Gasteiger partial charge in [0, 0.05) is 19.6 Å². The number of hydrogen-bond donors (Lipinski definition) is 1. The van der Waals surface area contributed by atoms with Crippen molar-refractivity contribution in [2.75, 3.05) is 6.54 Å². The molecule has 0 saturated carbocycles. The summed E-state index contributed by atoms with van der Waals surface area (Å²) in [4.78, 5) is 2.31. The lowest BCUT2D eigenvalue weighted by atomic mass is 10.0. The van der Waals surface area contributed by atoms with Crippen LogP contribution in [-0.2, 0) is 13.1 Å². The van der Waals surface area contributed by atoms with Crippen molar-refractivity contribution in [2.45, 2.75) is 33.0 Å². The summed E-state index contributed by atoms with van der Waals surface area (Å²) in [5.41, 5.74) is 6.24. The molecule has 0 spiro atoms. The lowest BCUT2D eigenvalue weighted by Gasteiger charge is -2.21. The van der Waals surface area contributed by atoms with E-state index in [0.29, 0.717) is 6.54 Å². The van der Waals surface area contributed by atoms with Crippen LogP contribution in [0, 0.1) is 13.8 Å². The third-order valence-electron chi connectivity index (χ3n) is 4.12. The zero-order valence-electron chi connectivity index (χ0n) is 12.1. The van der Waals surface area contributed by atoms with Crippen LogP contribution in [0.25, 0.3) is 0 Å². The molecule has 1 aliphatic heterocycles. The molecule has 1 atom stereocenters. The predicted octanol–water partition coefficient (Wildman–Crippen LogP) is 3.35.